The Morgan fingerprint density at radius 1 is 0.614 bits per heavy atom. The van der Waals surface area contributed by atoms with E-state index < -0.39 is 11.8 Å². The minimum atomic E-state index is -0.410. The Labute approximate surface area is 299 Å². The molecule has 5 rings (SSSR count). The van der Waals surface area contributed by atoms with Crippen molar-refractivity contribution in [2.75, 3.05) is 65.6 Å². The van der Waals surface area contributed by atoms with Crippen LogP contribution in [0.5, 0.6) is 0 Å². The molecule has 1 saturated carbocycles. The quantitative estimate of drug-likeness (QED) is 0.116. The summed E-state index contributed by atoms with van der Waals surface area (Å²) < 4.78 is 14.3. The molecule has 2 aromatic rings. The van der Waals surface area contributed by atoms with E-state index in [1.807, 2.05) is 60.7 Å². The van der Waals surface area contributed by atoms with Gasteiger partial charge in [-0.05, 0) is 25.0 Å². The molecule has 244 valence electrons. The zero-order chi connectivity index (χ0) is 29.4. The lowest BCUT2D eigenvalue weighted by molar-refractivity contribution is -0.915. The number of carbonyl (C=O) groups is 2. The Balaban J connectivity index is 0.00000264. The van der Waals surface area contributed by atoms with Crippen LogP contribution in [0.2, 0.25) is 0 Å². The Kier molecular flexibility index (Phi) is 14.9. The molecule has 0 radical (unpaired) electrons. The number of hydrogen-bond donors (Lipinski definition) is 0. The molecule has 6 nitrogen and oxygen atoms in total. The Hall–Kier alpha value is -1.24. The first-order chi connectivity index (χ1) is 20.5. The highest BCUT2D eigenvalue weighted by atomic mass is 127. The van der Waals surface area contributed by atoms with Crippen LogP contribution in [0.4, 0.5) is 0 Å². The molecule has 2 aliphatic heterocycles. The Bertz CT molecular complexity index is 1050. The first-order valence-electron chi connectivity index (χ1n) is 16.6. The number of esters is 2. The van der Waals surface area contributed by atoms with Crippen molar-refractivity contribution in [3.8, 4) is 0 Å². The first kappa shape index (κ1) is 37.2. The van der Waals surface area contributed by atoms with Crippen molar-refractivity contribution in [2.24, 2.45) is 11.8 Å². The van der Waals surface area contributed by atoms with Crippen molar-refractivity contribution in [1.82, 2.24) is 0 Å². The zero-order valence-corrected chi connectivity index (χ0v) is 31.0. The Morgan fingerprint density at radius 2 is 0.955 bits per heavy atom. The Morgan fingerprint density at radius 3 is 1.27 bits per heavy atom. The van der Waals surface area contributed by atoms with Crippen LogP contribution in [0.3, 0.4) is 0 Å². The maximum atomic E-state index is 13.8. The van der Waals surface area contributed by atoms with E-state index >= 15 is 0 Å². The minimum absolute atomic E-state index is 0. The van der Waals surface area contributed by atoms with Crippen molar-refractivity contribution in [1.29, 1.82) is 0 Å². The molecule has 0 amide bonds. The van der Waals surface area contributed by atoms with Gasteiger partial charge in [-0.1, -0.05) is 60.7 Å². The third-order valence-corrected chi connectivity index (χ3v) is 10.9. The third kappa shape index (κ3) is 8.56. The van der Waals surface area contributed by atoms with Crippen molar-refractivity contribution in [3.63, 3.8) is 0 Å². The predicted octanol–water partition coefficient (Wildman–Crippen LogP) is -0.0644. The summed E-state index contributed by atoms with van der Waals surface area (Å²) in [6, 6.07) is 20.1. The summed E-state index contributed by atoms with van der Waals surface area (Å²) in [5, 5.41) is 0. The van der Waals surface area contributed by atoms with E-state index in [0.29, 0.717) is 13.2 Å². The number of benzene rings is 2. The lowest BCUT2D eigenvalue weighted by Crippen LogP contribution is -3.00. The number of hydrogen-bond acceptors (Lipinski definition) is 4. The lowest BCUT2D eigenvalue weighted by atomic mass is 9.52. The van der Waals surface area contributed by atoms with E-state index in [1.54, 1.807) is 0 Å². The van der Waals surface area contributed by atoms with Crippen molar-refractivity contribution in [2.45, 2.75) is 64.2 Å². The van der Waals surface area contributed by atoms with E-state index in [0.717, 1.165) is 59.1 Å². The van der Waals surface area contributed by atoms with Gasteiger partial charge in [-0.15, -0.1) is 0 Å². The van der Waals surface area contributed by atoms with Crippen LogP contribution in [0.15, 0.2) is 60.7 Å². The number of rotatable bonds is 14. The topological polar surface area (TPSA) is 52.6 Å². The maximum absolute atomic E-state index is 13.8. The summed E-state index contributed by atoms with van der Waals surface area (Å²) >= 11 is 0. The smallest absolute Gasteiger partial charge is 0.310 e. The SMILES string of the molecule is CC[N+]1(CCCOC(=O)C2C(c3ccccc3)C(C(=O)OCCC[N+]3(CC)CCCC3)C2c2ccccc2)CCCC1.[I-].[I-]. The van der Waals surface area contributed by atoms with Crippen molar-refractivity contribution >= 4 is 11.9 Å². The lowest BCUT2D eigenvalue weighted by Gasteiger charge is -2.49. The predicted molar refractivity (Wildman–Crippen MR) is 166 cm³/mol. The van der Waals surface area contributed by atoms with E-state index in [1.165, 1.54) is 51.9 Å². The molecule has 3 fully saturated rings. The molecule has 0 atom stereocenters. The molecule has 0 aromatic heterocycles. The molecule has 0 spiro atoms. The average molecular weight is 831 g/mol. The van der Waals surface area contributed by atoms with E-state index in [9.17, 15) is 9.59 Å². The van der Waals surface area contributed by atoms with E-state index in [4.69, 9.17) is 9.47 Å². The van der Waals surface area contributed by atoms with Crippen LogP contribution < -0.4 is 48.0 Å². The first-order valence-corrected chi connectivity index (χ1v) is 16.6. The van der Waals surface area contributed by atoms with Gasteiger partial charge in [0.2, 0.25) is 0 Å². The molecule has 0 N–H and O–H groups in total. The third-order valence-electron chi connectivity index (χ3n) is 10.9. The van der Waals surface area contributed by atoms with Gasteiger partial charge in [0.25, 0.3) is 0 Å². The minimum Gasteiger partial charge on any atom is -1.00 e. The summed E-state index contributed by atoms with van der Waals surface area (Å²) in [6.07, 6.45) is 6.93. The fourth-order valence-electron chi connectivity index (χ4n) is 8.26. The second kappa shape index (κ2) is 17.6. The van der Waals surface area contributed by atoms with Gasteiger partial charge in [0.05, 0.1) is 77.4 Å². The van der Waals surface area contributed by atoms with Gasteiger partial charge in [-0.3, -0.25) is 9.59 Å². The summed E-state index contributed by atoms with van der Waals surface area (Å²) in [7, 11) is 0. The number of quaternary nitrogens is 2. The highest BCUT2D eigenvalue weighted by molar-refractivity contribution is 5.85. The van der Waals surface area contributed by atoms with Crippen LogP contribution in [-0.2, 0) is 19.1 Å². The average Bonchev–Trinajstić information content (AvgIpc) is 3.69. The molecule has 3 aliphatic rings. The maximum Gasteiger partial charge on any atom is 0.310 e. The standard InChI is InChI=1S/C36H52N2O4.2HI/c1-3-37(21-11-12-22-37)25-15-27-41-35(39)33-31(29-17-7-5-8-18-29)34(32(33)30-19-9-6-10-20-30)36(40)42-28-16-26-38(4-2)23-13-14-24-38;;/h5-10,17-20,31-34H,3-4,11-16,21-28H2,1-2H3;2*1H/q+2;;/p-2. The number of ether oxygens (including phenoxy) is 2. The van der Waals surface area contributed by atoms with Gasteiger partial charge < -0.3 is 66.4 Å². The van der Waals surface area contributed by atoms with E-state index in [-0.39, 0.29) is 71.7 Å². The van der Waals surface area contributed by atoms with Gasteiger partial charge in [-0.2, -0.15) is 0 Å². The van der Waals surface area contributed by atoms with Crippen molar-refractivity contribution < 1.29 is 76.0 Å². The molecule has 2 aromatic carbocycles. The highest BCUT2D eigenvalue weighted by Gasteiger charge is 2.59. The molecule has 1 aliphatic carbocycles. The monoisotopic (exact) mass is 830 g/mol. The molecule has 2 heterocycles. The highest BCUT2D eigenvalue weighted by Crippen LogP contribution is 2.58. The summed E-state index contributed by atoms with van der Waals surface area (Å²) in [4.78, 5) is 27.6. The van der Waals surface area contributed by atoms with Gasteiger partial charge in [0.1, 0.15) is 0 Å². The van der Waals surface area contributed by atoms with Crippen LogP contribution in [-0.4, -0.2) is 86.5 Å². The summed E-state index contributed by atoms with van der Waals surface area (Å²) in [5.74, 6) is -1.70. The van der Waals surface area contributed by atoms with Crippen LogP contribution in [0.1, 0.15) is 75.3 Å². The fraction of sp³-hybridized carbons (Fsp3) is 0.611. The fourth-order valence-corrected chi connectivity index (χ4v) is 8.26. The van der Waals surface area contributed by atoms with Gasteiger partial charge in [0.15, 0.2) is 0 Å². The van der Waals surface area contributed by atoms with Crippen molar-refractivity contribution in [3.05, 3.63) is 71.8 Å². The molecule has 2 saturated heterocycles. The second-order valence-corrected chi connectivity index (χ2v) is 13.0. The van der Waals surface area contributed by atoms with Crippen LogP contribution >= 0.6 is 0 Å². The number of carbonyl (C=O) groups excluding carboxylic acids is 2. The largest absolute Gasteiger partial charge is 1.00 e. The van der Waals surface area contributed by atoms with E-state index in [2.05, 4.69) is 13.8 Å². The second-order valence-electron chi connectivity index (χ2n) is 13.0. The van der Waals surface area contributed by atoms with Crippen LogP contribution in [0, 0.1) is 11.8 Å². The van der Waals surface area contributed by atoms with Gasteiger partial charge in [0, 0.05) is 50.4 Å². The summed E-state index contributed by atoms with van der Waals surface area (Å²) in [6.45, 7) is 14.8. The number of nitrogens with zero attached hydrogens (tertiary/aromatic N) is 2. The summed E-state index contributed by atoms with van der Waals surface area (Å²) in [5.41, 5.74) is 2.02. The molecule has 44 heavy (non-hydrogen) atoms. The molecular formula is C36H52I2N2O4. The van der Waals surface area contributed by atoms with Gasteiger partial charge in [-0.25, -0.2) is 0 Å². The zero-order valence-electron chi connectivity index (χ0n) is 26.7. The molecular weight excluding hydrogens is 778 g/mol. The number of halogens is 2. The molecule has 0 unspecified atom stereocenters. The van der Waals surface area contributed by atoms with Gasteiger partial charge >= 0.3 is 11.9 Å². The molecule has 0 bridgehead atoms. The molecule has 8 heteroatoms. The normalized spacial score (nSPS) is 24.8. The van der Waals surface area contributed by atoms with Crippen LogP contribution in [0.25, 0.3) is 0 Å². The number of likely N-dealkylation sites (tertiary alicyclic amines) is 2.